The highest BCUT2D eigenvalue weighted by Gasteiger charge is 2.49. The van der Waals surface area contributed by atoms with Gasteiger partial charge in [-0.05, 0) is 55.5 Å². The number of hydrogen-bond acceptors (Lipinski definition) is 4. The molecule has 1 spiro atoms. The molecule has 7 heteroatoms. The largest absolute Gasteiger partial charge is 0.322 e. The zero-order valence-corrected chi connectivity index (χ0v) is 13.5. The minimum absolute atomic E-state index is 0.191. The van der Waals surface area contributed by atoms with Crippen molar-refractivity contribution in [3.63, 3.8) is 0 Å². The smallest absolute Gasteiger partial charge is 0.248 e. The number of aromatic nitrogens is 1. The molecule has 2 fully saturated rings. The number of rotatable bonds is 2. The fourth-order valence-corrected chi connectivity index (χ4v) is 5.76. The molecule has 23 heavy (non-hydrogen) atoms. The molecule has 2 N–H and O–H groups in total. The Morgan fingerprint density at radius 2 is 2.00 bits per heavy atom. The van der Waals surface area contributed by atoms with Crippen LogP contribution in [0.2, 0.25) is 0 Å². The first-order valence-electron chi connectivity index (χ1n) is 7.88. The van der Waals surface area contributed by atoms with E-state index in [4.69, 9.17) is 0 Å². The summed E-state index contributed by atoms with van der Waals surface area (Å²) in [6.07, 6.45) is 2.69. The highest BCUT2D eigenvalue weighted by Crippen LogP contribution is 2.38. The van der Waals surface area contributed by atoms with Crippen LogP contribution in [0.25, 0.3) is 10.9 Å². The van der Waals surface area contributed by atoms with Gasteiger partial charge in [0.25, 0.3) is 0 Å². The predicted molar refractivity (Wildman–Crippen MR) is 87.9 cm³/mol. The Morgan fingerprint density at radius 3 is 2.78 bits per heavy atom. The summed E-state index contributed by atoms with van der Waals surface area (Å²) in [5.74, 6) is 0. The fraction of sp³-hybridized carbons (Fsp3) is 0.438. The first kappa shape index (κ1) is 14.9. The van der Waals surface area contributed by atoms with Gasteiger partial charge in [0.1, 0.15) is 0 Å². The molecule has 2 aromatic rings. The summed E-state index contributed by atoms with van der Waals surface area (Å²) in [5.41, 5.74) is 0.192. The molecule has 0 aliphatic carbocycles. The second-order valence-corrected chi connectivity index (χ2v) is 8.27. The molecule has 1 aromatic carbocycles. The third-order valence-electron chi connectivity index (χ3n) is 5.04. The van der Waals surface area contributed by atoms with Crippen LogP contribution < -0.4 is 10.9 Å². The summed E-state index contributed by atoms with van der Waals surface area (Å²) in [6.45, 7) is 2.17. The minimum Gasteiger partial charge on any atom is -0.322 e. The highest BCUT2D eigenvalue weighted by molar-refractivity contribution is 7.89. The molecular weight excluding hydrogens is 314 g/mol. The Balaban J connectivity index is 1.79. The first-order chi connectivity index (χ1) is 11.0. The zero-order chi connectivity index (χ0) is 16.1. The van der Waals surface area contributed by atoms with Gasteiger partial charge in [-0.3, -0.25) is 4.79 Å². The molecule has 4 rings (SSSR count). The van der Waals surface area contributed by atoms with Crippen LogP contribution >= 0.6 is 0 Å². The number of sulfonamides is 1. The Morgan fingerprint density at radius 1 is 1.13 bits per heavy atom. The van der Waals surface area contributed by atoms with E-state index < -0.39 is 10.0 Å². The van der Waals surface area contributed by atoms with Gasteiger partial charge in [-0.2, -0.15) is 4.31 Å². The molecule has 122 valence electrons. The second kappa shape index (κ2) is 5.15. The molecule has 1 aromatic heterocycles. The number of aromatic amines is 1. The molecule has 0 amide bonds. The molecule has 1 unspecified atom stereocenters. The van der Waals surface area contributed by atoms with Gasteiger partial charge in [0.2, 0.25) is 15.6 Å². The van der Waals surface area contributed by atoms with E-state index in [1.165, 1.54) is 6.07 Å². The molecule has 3 heterocycles. The van der Waals surface area contributed by atoms with Gasteiger partial charge in [-0.15, -0.1) is 0 Å². The number of fused-ring (bicyclic) bond motifs is 1. The van der Waals surface area contributed by atoms with Crippen LogP contribution in [-0.2, 0) is 10.0 Å². The van der Waals surface area contributed by atoms with Gasteiger partial charge in [0.05, 0.1) is 4.90 Å². The molecular formula is C16H19N3O3S. The van der Waals surface area contributed by atoms with Gasteiger partial charge in [-0.1, -0.05) is 0 Å². The highest BCUT2D eigenvalue weighted by atomic mass is 32.2. The molecule has 0 radical (unpaired) electrons. The van der Waals surface area contributed by atoms with Crippen LogP contribution in [0.4, 0.5) is 0 Å². The summed E-state index contributed by atoms with van der Waals surface area (Å²) >= 11 is 0. The van der Waals surface area contributed by atoms with E-state index in [-0.39, 0.29) is 11.1 Å². The number of benzene rings is 1. The summed E-state index contributed by atoms with van der Waals surface area (Å²) in [5, 5.41) is 4.02. The minimum atomic E-state index is -3.53. The lowest BCUT2D eigenvalue weighted by Gasteiger charge is -2.33. The zero-order valence-electron chi connectivity index (χ0n) is 12.7. The van der Waals surface area contributed by atoms with Crippen molar-refractivity contribution in [2.24, 2.45) is 0 Å². The van der Waals surface area contributed by atoms with Crippen LogP contribution in [0.3, 0.4) is 0 Å². The molecule has 2 saturated heterocycles. The average molecular weight is 333 g/mol. The molecule has 2 aliphatic rings. The van der Waals surface area contributed by atoms with Crippen molar-refractivity contribution in [3.05, 3.63) is 40.7 Å². The van der Waals surface area contributed by atoms with E-state index in [2.05, 4.69) is 10.3 Å². The quantitative estimate of drug-likeness (QED) is 0.860. The topological polar surface area (TPSA) is 82.3 Å². The second-order valence-electron chi connectivity index (χ2n) is 6.40. The van der Waals surface area contributed by atoms with E-state index in [1.54, 1.807) is 28.6 Å². The van der Waals surface area contributed by atoms with Gasteiger partial charge in [0, 0.05) is 30.2 Å². The van der Waals surface area contributed by atoms with E-state index in [0.717, 1.165) is 37.7 Å². The van der Waals surface area contributed by atoms with Crippen molar-refractivity contribution in [3.8, 4) is 0 Å². The number of H-pyrrole nitrogens is 1. The maximum Gasteiger partial charge on any atom is 0.248 e. The summed E-state index contributed by atoms with van der Waals surface area (Å²) in [6, 6.07) is 7.97. The van der Waals surface area contributed by atoms with Crippen molar-refractivity contribution in [1.29, 1.82) is 0 Å². The third kappa shape index (κ3) is 2.31. The number of pyridine rings is 1. The Labute approximate surface area is 134 Å². The van der Waals surface area contributed by atoms with Crippen LogP contribution in [0.5, 0.6) is 0 Å². The molecule has 2 aliphatic heterocycles. The standard InChI is InChI=1S/C16H19N3O3S/c20-15-5-2-12-10-13(3-4-14(12)18-15)23(21,22)19-9-1-6-16(19)7-8-17-11-16/h2-5,10,17H,1,6-9,11H2,(H,18,20). The molecule has 6 nitrogen and oxygen atoms in total. The van der Waals surface area contributed by atoms with Gasteiger partial charge in [-0.25, -0.2) is 8.42 Å². The molecule has 0 bridgehead atoms. The van der Waals surface area contributed by atoms with Crippen molar-refractivity contribution in [2.75, 3.05) is 19.6 Å². The van der Waals surface area contributed by atoms with Crippen molar-refractivity contribution in [2.45, 2.75) is 29.7 Å². The van der Waals surface area contributed by atoms with Gasteiger partial charge in [0.15, 0.2) is 0 Å². The van der Waals surface area contributed by atoms with E-state index in [0.29, 0.717) is 17.0 Å². The van der Waals surface area contributed by atoms with Crippen molar-refractivity contribution >= 4 is 20.9 Å². The summed E-state index contributed by atoms with van der Waals surface area (Å²) < 4.78 is 28.0. The number of hydrogen-bond donors (Lipinski definition) is 2. The van der Waals surface area contributed by atoms with Gasteiger partial charge >= 0.3 is 0 Å². The van der Waals surface area contributed by atoms with Crippen LogP contribution in [0, 0.1) is 0 Å². The van der Waals surface area contributed by atoms with E-state index >= 15 is 0 Å². The number of nitrogens with one attached hydrogen (secondary N) is 2. The van der Waals surface area contributed by atoms with E-state index in [1.807, 2.05) is 0 Å². The van der Waals surface area contributed by atoms with Crippen LogP contribution in [0.1, 0.15) is 19.3 Å². The van der Waals surface area contributed by atoms with E-state index in [9.17, 15) is 13.2 Å². The van der Waals surface area contributed by atoms with Crippen LogP contribution in [-0.4, -0.2) is 42.9 Å². The molecule has 1 atom stereocenters. The third-order valence-corrected chi connectivity index (χ3v) is 7.04. The maximum absolute atomic E-state index is 13.1. The monoisotopic (exact) mass is 333 g/mol. The molecule has 0 saturated carbocycles. The maximum atomic E-state index is 13.1. The lowest BCUT2D eigenvalue weighted by atomic mass is 9.97. The Kier molecular flexibility index (Phi) is 3.33. The Hall–Kier alpha value is -1.70. The first-order valence-corrected chi connectivity index (χ1v) is 9.32. The van der Waals surface area contributed by atoms with Crippen LogP contribution in [0.15, 0.2) is 40.0 Å². The number of nitrogens with zero attached hydrogens (tertiary/aromatic N) is 1. The van der Waals surface area contributed by atoms with Crippen molar-refractivity contribution < 1.29 is 8.42 Å². The van der Waals surface area contributed by atoms with Gasteiger partial charge < -0.3 is 10.3 Å². The predicted octanol–water partition coefficient (Wildman–Crippen LogP) is 1.04. The Bertz CT molecular complexity index is 908. The lowest BCUT2D eigenvalue weighted by Crippen LogP contribution is -2.48. The fourth-order valence-electron chi connectivity index (χ4n) is 3.87. The summed E-state index contributed by atoms with van der Waals surface area (Å²) in [4.78, 5) is 14.4. The summed E-state index contributed by atoms with van der Waals surface area (Å²) in [7, 11) is -3.53. The average Bonchev–Trinajstić information content (AvgIpc) is 3.17. The van der Waals surface area contributed by atoms with Crippen molar-refractivity contribution in [1.82, 2.24) is 14.6 Å². The normalized spacial score (nSPS) is 25.6. The lowest BCUT2D eigenvalue weighted by molar-refractivity contribution is 0.264. The SMILES string of the molecule is O=c1ccc2cc(S(=O)(=O)N3CCCC34CCNC4)ccc2[nH]1.